The Hall–Kier alpha value is -1.73. The van der Waals surface area contributed by atoms with Crippen molar-refractivity contribution in [2.24, 2.45) is 5.92 Å². The number of carbonyl (C=O) groups excluding carboxylic acids is 1. The van der Waals surface area contributed by atoms with Crippen LogP contribution in [0.15, 0.2) is 30.2 Å². The Morgan fingerprint density at radius 3 is 3.00 bits per heavy atom. The third-order valence-corrected chi connectivity index (χ3v) is 4.26. The normalized spacial score (nSPS) is 12.3. The van der Waals surface area contributed by atoms with Crippen LogP contribution in [0.5, 0.6) is 0 Å². The molecule has 2 rings (SSSR count). The van der Waals surface area contributed by atoms with Gasteiger partial charge in [-0.1, -0.05) is 26.0 Å². The van der Waals surface area contributed by atoms with E-state index < -0.39 is 0 Å². The van der Waals surface area contributed by atoms with E-state index in [1.54, 1.807) is 12.1 Å². The Morgan fingerprint density at radius 2 is 2.43 bits per heavy atom. The van der Waals surface area contributed by atoms with E-state index in [4.69, 9.17) is 12.2 Å². The van der Waals surface area contributed by atoms with Gasteiger partial charge in [-0.05, 0) is 29.6 Å². The minimum atomic E-state index is -0.215. The maximum absolute atomic E-state index is 12.3. The highest BCUT2D eigenvalue weighted by Crippen LogP contribution is 2.21. The van der Waals surface area contributed by atoms with Crippen LogP contribution in [-0.4, -0.2) is 20.7 Å². The highest BCUT2D eigenvalue weighted by Gasteiger charge is 2.24. The summed E-state index contributed by atoms with van der Waals surface area (Å²) in [5.41, 5.74) is 0. The predicted molar refractivity (Wildman–Crippen MR) is 87.0 cm³/mol. The molecule has 0 saturated carbocycles. The summed E-state index contributed by atoms with van der Waals surface area (Å²) in [6, 6.07) is 3.45. The van der Waals surface area contributed by atoms with Gasteiger partial charge in [0.2, 0.25) is 0 Å². The molecule has 0 radical (unpaired) electrons. The molecule has 2 aromatic rings. The zero-order valence-electron chi connectivity index (χ0n) is 12.0. The maximum Gasteiger partial charge on any atom is 0.261 e. The largest absolute Gasteiger partial charge is 0.341 e. The number of nitrogens with zero attached hydrogens (tertiary/aromatic N) is 2. The topological polar surface area (TPSA) is 62.7 Å². The molecule has 0 aromatic carbocycles. The van der Waals surface area contributed by atoms with Crippen LogP contribution in [0.25, 0.3) is 0 Å². The highest BCUT2D eigenvalue weighted by atomic mass is 32.1. The van der Waals surface area contributed by atoms with E-state index >= 15 is 0 Å². The number of hydrogen-bond donors (Lipinski definition) is 2. The molecule has 2 aromatic heterocycles. The summed E-state index contributed by atoms with van der Waals surface area (Å²) >= 11 is 6.64. The molecule has 0 aliphatic heterocycles. The smallest absolute Gasteiger partial charge is 0.261 e. The number of aromatic amines is 1. The Bertz CT molecular complexity index is 669. The molecular weight excluding hydrogens is 304 g/mol. The number of thiophene rings is 1. The van der Waals surface area contributed by atoms with Crippen LogP contribution < -0.4 is 5.32 Å². The monoisotopic (exact) mass is 322 g/mol. The fourth-order valence-electron chi connectivity index (χ4n) is 2.02. The van der Waals surface area contributed by atoms with Gasteiger partial charge >= 0.3 is 0 Å². The van der Waals surface area contributed by atoms with Crippen LogP contribution in [0.2, 0.25) is 0 Å². The van der Waals surface area contributed by atoms with Crippen molar-refractivity contribution in [1.29, 1.82) is 0 Å². The lowest BCUT2D eigenvalue weighted by molar-refractivity contribution is 0.0926. The van der Waals surface area contributed by atoms with E-state index in [1.807, 2.05) is 29.9 Å². The van der Waals surface area contributed by atoms with Crippen LogP contribution in [-0.2, 0) is 6.54 Å². The second kappa shape index (κ2) is 6.82. The lowest BCUT2D eigenvalue weighted by Gasteiger charge is -2.21. The van der Waals surface area contributed by atoms with E-state index in [0.717, 1.165) is 5.82 Å². The molecule has 0 aliphatic carbocycles. The standard InChI is InChI=1S/C14H18N4OS2/c1-4-7-18-12(16-17-14(18)20)11(9(2)3)15-13(19)10-6-5-8-21-10/h4-6,8-9,11H,1,7H2,2-3H3,(H,15,19)(H,17,20). The van der Waals surface area contributed by atoms with Gasteiger partial charge < -0.3 is 5.32 Å². The lowest BCUT2D eigenvalue weighted by Crippen LogP contribution is -2.33. The second-order valence-corrected chi connectivity index (χ2v) is 6.29. The summed E-state index contributed by atoms with van der Waals surface area (Å²) < 4.78 is 2.38. The summed E-state index contributed by atoms with van der Waals surface area (Å²) in [6.07, 6.45) is 1.76. The Kier molecular flexibility index (Phi) is 5.08. The molecular formula is C14H18N4OS2. The summed E-state index contributed by atoms with van der Waals surface area (Å²) in [4.78, 5) is 13.0. The molecule has 0 bridgehead atoms. The lowest BCUT2D eigenvalue weighted by atomic mass is 10.0. The van der Waals surface area contributed by atoms with E-state index in [9.17, 15) is 4.79 Å². The average molecular weight is 322 g/mol. The predicted octanol–water partition coefficient (Wildman–Crippen LogP) is 3.32. The van der Waals surface area contributed by atoms with Crippen molar-refractivity contribution >= 4 is 29.5 Å². The van der Waals surface area contributed by atoms with Crippen LogP contribution in [0.1, 0.15) is 35.4 Å². The van der Waals surface area contributed by atoms with Crippen molar-refractivity contribution in [3.8, 4) is 0 Å². The Morgan fingerprint density at radius 1 is 1.67 bits per heavy atom. The van der Waals surface area contributed by atoms with Gasteiger partial charge in [0.05, 0.1) is 10.9 Å². The van der Waals surface area contributed by atoms with Gasteiger partial charge in [-0.25, -0.2) is 0 Å². The van der Waals surface area contributed by atoms with Gasteiger partial charge in [-0.3, -0.25) is 14.5 Å². The molecule has 0 saturated heterocycles. The third-order valence-electron chi connectivity index (χ3n) is 3.08. The average Bonchev–Trinajstić information content (AvgIpc) is 3.08. The van der Waals surface area contributed by atoms with Gasteiger partial charge in [-0.2, -0.15) is 5.10 Å². The van der Waals surface area contributed by atoms with Crippen molar-refractivity contribution in [1.82, 2.24) is 20.1 Å². The summed E-state index contributed by atoms with van der Waals surface area (Å²) in [7, 11) is 0. The number of nitrogens with one attached hydrogen (secondary N) is 2. The number of H-pyrrole nitrogens is 1. The number of amides is 1. The third kappa shape index (κ3) is 3.48. The van der Waals surface area contributed by atoms with Crippen molar-refractivity contribution in [3.05, 3.63) is 45.6 Å². The van der Waals surface area contributed by atoms with E-state index in [0.29, 0.717) is 16.2 Å². The summed E-state index contributed by atoms with van der Waals surface area (Å²) in [6.45, 7) is 8.36. The zero-order valence-corrected chi connectivity index (χ0v) is 13.6. The second-order valence-electron chi connectivity index (χ2n) is 4.96. The molecule has 0 spiro atoms. The number of carbonyl (C=O) groups is 1. The first kappa shape index (κ1) is 15.7. The number of hydrogen-bond acceptors (Lipinski definition) is 4. The van der Waals surface area contributed by atoms with Crippen LogP contribution in [0.3, 0.4) is 0 Å². The van der Waals surface area contributed by atoms with E-state index in [1.165, 1.54) is 11.3 Å². The quantitative estimate of drug-likeness (QED) is 0.633. The Balaban J connectivity index is 2.29. The van der Waals surface area contributed by atoms with Crippen molar-refractivity contribution in [3.63, 3.8) is 0 Å². The molecule has 7 heteroatoms. The summed E-state index contributed by atoms with van der Waals surface area (Å²) in [5, 5.41) is 12.0. The molecule has 1 atom stereocenters. The van der Waals surface area contributed by atoms with Gasteiger partial charge in [0.25, 0.3) is 5.91 Å². The van der Waals surface area contributed by atoms with E-state index in [2.05, 4.69) is 22.1 Å². The molecule has 5 nitrogen and oxygen atoms in total. The van der Waals surface area contributed by atoms with E-state index in [-0.39, 0.29) is 17.9 Å². The first-order valence-electron chi connectivity index (χ1n) is 6.65. The van der Waals surface area contributed by atoms with Crippen LogP contribution >= 0.6 is 23.6 Å². The minimum Gasteiger partial charge on any atom is -0.341 e. The van der Waals surface area contributed by atoms with Gasteiger partial charge in [-0.15, -0.1) is 17.9 Å². The minimum absolute atomic E-state index is 0.0947. The molecule has 0 aliphatic rings. The van der Waals surface area contributed by atoms with Crippen molar-refractivity contribution in [2.75, 3.05) is 0 Å². The first-order valence-corrected chi connectivity index (χ1v) is 7.93. The number of rotatable bonds is 6. The maximum atomic E-state index is 12.3. The van der Waals surface area contributed by atoms with Crippen LogP contribution in [0, 0.1) is 10.7 Å². The molecule has 2 N–H and O–H groups in total. The van der Waals surface area contributed by atoms with Gasteiger partial charge in [0, 0.05) is 6.54 Å². The first-order chi connectivity index (χ1) is 10.0. The molecule has 1 unspecified atom stereocenters. The highest BCUT2D eigenvalue weighted by molar-refractivity contribution is 7.71. The molecule has 2 heterocycles. The fraction of sp³-hybridized carbons (Fsp3) is 0.357. The van der Waals surface area contributed by atoms with Crippen molar-refractivity contribution in [2.45, 2.75) is 26.4 Å². The molecule has 112 valence electrons. The van der Waals surface area contributed by atoms with Crippen LogP contribution in [0.4, 0.5) is 0 Å². The fourth-order valence-corrected chi connectivity index (χ4v) is 2.86. The van der Waals surface area contributed by atoms with Crippen molar-refractivity contribution < 1.29 is 4.79 Å². The van der Waals surface area contributed by atoms with Gasteiger partial charge in [0.15, 0.2) is 10.6 Å². The zero-order chi connectivity index (χ0) is 15.4. The molecule has 1 amide bonds. The van der Waals surface area contributed by atoms with Gasteiger partial charge in [0.1, 0.15) is 0 Å². The molecule has 21 heavy (non-hydrogen) atoms. The molecule has 0 fully saturated rings. The summed E-state index contributed by atoms with van der Waals surface area (Å²) in [5.74, 6) is 0.810. The number of aromatic nitrogens is 3. The Labute approximate surface area is 132 Å². The number of allylic oxidation sites excluding steroid dienone is 1. The SMILES string of the molecule is C=CCn1c(C(NC(=O)c2cccs2)C(C)C)n[nH]c1=S.